The maximum atomic E-state index is 6.24. The zero-order valence-corrected chi connectivity index (χ0v) is 20.0. The zero-order valence-electron chi connectivity index (χ0n) is 18.1. The first kappa shape index (κ1) is 23.5. The molecule has 0 saturated carbocycles. The van der Waals surface area contributed by atoms with Crippen LogP contribution in [0.3, 0.4) is 0 Å². The van der Waals surface area contributed by atoms with Crippen molar-refractivity contribution in [1.29, 1.82) is 0 Å². The molecular weight excluding hydrogens is 421 g/mol. The Morgan fingerprint density at radius 2 is 1.39 bits per heavy atom. The van der Waals surface area contributed by atoms with Crippen LogP contribution < -0.4 is 4.74 Å². The fourth-order valence-electron chi connectivity index (χ4n) is 3.64. The van der Waals surface area contributed by atoms with Crippen LogP contribution in [0, 0.1) is 0 Å². The Bertz CT molecular complexity index is 942. The number of halogens is 1. The molecule has 3 rings (SSSR count). The second-order valence-corrected chi connectivity index (χ2v) is 8.44. The third kappa shape index (κ3) is 6.94. The fourth-order valence-corrected chi connectivity index (χ4v) is 4.27. The standard InChI is InChI=1S/C27H31ClNOP/c1-29(19-21-31)18-20-30-25-14-12-24(13-15-25)27(23-10-6-3-7-11-23)26(16-17-28)22-8-4-2-5-9-22/h2-15H,16-21,31H2,1H3/b27-26-. The summed E-state index contributed by atoms with van der Waals surface area (Å²) in [5, 5.41) is 0. The predicted octanol–water partition coefficient (Wildman–Crippen LogP) is 6.46. The van der Waals surface area contributed by atoms with E-state index < -0.39 is 0 Å². The van der Waals surface area contributed by atoms with E-state index in [9.17, 15) is 0 Å². The van der Waals surface area contributed by atoms with Crippen LogP contribution >= 0.6 is 20.8 Å². The van der Waals surface area contributed by atoms with Crippen LogP contribution in [0.4, 0.5) is 0 Å². The minimum absolute atomic E-state index is 0.575. The van der Waals surface area contributed by atoms with Crippen molar-refractivity contribution in [3.8, 4) is 5.75 Å². The molecule has 0 fully saturated rings. The normalized spacial score (nSPS) is 12.0. The first-order valence-electron chi connectivity index (χ1n) is 10.7. The average molecular weight is 452 g/mol. The molecule has 0 bridgehead atoms. The van der Waals surface area contributed by atoms with Crippen LogP contribution in [0.1, 0.15) is 23.1 Å². The van der Waals surface area contributed by atoms with Gasteiger partial charge >= 0.3 is 0 Å². The summed E-state index contributed by atoms with van der Waals surface area (Å²) in [4.78, 5) is 2.27. The van der Waals surface area contributed by atoms with Crippen LogP contribution in [0.25, 0.3) is 11.1 Å². The molecule has 1 atom stereocenters. The molecule has 0 radical (unpaired) electrons. The first-order valence-corrected chi connectivity index (χ1v) is 12.1. The Labute approximate surface area is 194 Å². The van der Waals surface area contributed by atoms with Gasteiger partial charge in [-0.25, -0.2) is 0 Å². The summed E-state index contributed by atoms with van der Waals surface area (Å²) >= 11 is 6.24. The molecule has 3 aromatic rings. The Morgan fingerprint density at radius 1 is 0.806 bits per heavy atom. The monoisotopic (exact) mass is 451 g/mol. The maximum Gasteiger partial charge on any atom is 0.119 e. The van der Waals surface area contributed by atoms with E-state index >= 15 is 0 Å². The lowest BCUT2D eigenvalue weighted by molar-refractivity contribution is 0.245. The molecule has 0 amide bonds. The quantitative estimate of drug-likeness (QED) is 0.188. The number of nitrogens with zero attached hydrogens (tertiary/aromatic N) is 1. The molecule has 2 nitrogen and oxygen atoms in total. The molecule has 1 unspecified atom stereocenters. The van der Waals surface area contributed by atoms with Crippen molar-refractivity contribution < 1.29 is 4.74 Å². The maximum absolute atomic E-state index is 6.24. The highest BCUT2D eigenvalue weighted by Crippen LogP contribution is 2.35. The number of alkyl halides is 1. The van der Waals surface area contributed by atoms with Crippen LogP contribution in [-0.4, -0.2) is 43.7 Å². The van der Waals surface area contributed by atoms with Gasteiger partial charge in [-0.3, -0.25) is 0 Å². The van der Waals surface area contributed by atoms with Crippen molar-refractivity contribution in [3.05, 3.63) is 102 Å². The zero-order chi connectivity index (χ0) is 21.9. The highest BCUT2D eigenvalue weighted by molar-refractivity contribution is 7.16. The van der Waals surface area contributed by atoms with Crippen molar-refractivity contribution in [2.75, 3.05) is 38.8 Å². The third-order valence-electron chi connectivity index (χ3n) is 5.23. The number of rotatable bonds is 11. The lowest BCUT2D eigenvalue weighted by Gasteiger charge is -2.18. The van der Waals surface area contributed by atoms with E-state index in [4.69, 9.17) is 16.3 Å². The molecule has 0 N–H and O–H groups in total. The number of benzene rings is 3. The van der Waals surface area contributed by atoms with Crippen molar-refractivity contribution in [2.24, 2.45) is 0 Å². The lowest BCUT2D eigenvalue weighted by Crippen LogP contribution is -2.25. The van der Waals surface area contributed by atoms with Gasteiger partial charge in [-0.2, -0.15) is 0 Å². The van der Waals surface area contributed by atoms with Crippen molar-refractivity contribution in [1.82, 2.24) is 4.90 Å². The fraction of sp³-hybridized carbons (Fsp3) is 0.259. The van der Waals surface area contributed by atoms with Crippen LogP contribution in [0.2, 0.25) is 0 Å². The van der Waals surface area contributed by atoms with E-state index in [1.165, 1.54) is 27.8 Å². The van der Waals surface area contributed by atoms with E-state index in [1.54, 1.807) is 0 Å². The highest BCUT2D eigenvalue weighted by atomic mass is 35.5. The van der Waals surface area contributed by atoms with E-state index in [-0.39, 0.29) is 0 Å². The summed E-state index contributed by atoms with van der Waals surface area (Å²) in [7, 11) is 4.88. The van der Waals surface area contributed by atoms with Crippen LogP contribution in [-0.2, 0) is 0 Å². The van der Waals surface area contributed by atoms with Crippen molar-refractivity contribution in [3.63, 3.8) is 0 Å². The molecule has 0 aliphatic rings. The molecule has 0 aliphatic carbocycles. The molecule has 31 heavy (non-hydrogen) atoms. The SMILES string of the molecule is CN(CCP)CCOc1ccc(/C(=C(/CCCl)c2ccccc2)c2ccccc2)cc1. The molecule has 162 valence electrons. The number of hydrogen-bond acceptors (Lipinski definition) is 2. The Morgan fingerprint density at radius 3 is 1.97 bits per heavy atom. The van der Waals surface area contributed by atoms with E-state index in [1.807, 2.05) is 6.07 Å². The van der Waals surface area contributed by atoms with Gasteiger partial charge in [0.05, 0.1) is 0 Å². The Balaban J connectivity index is 1.92. The minimum atomic E-state index is 0.575. The van der Waals surface area contributed by atoms with Gasteiger partial charge in [-0.15, -0.1) is 20.8 Å². The summed E-state index contributed by atoms with van der Waals surface area (Å²) in [5.74, 6) is 1.47. The molecule has 4 heteroatoms. The van der Waals surface area contributed by atoms with Gasteiger partial charge < -0.3 is 9.64 Å². The molecule has 0 heterocycles. The average Bonchev–Trinajstić information content (AvgIpc) is 2.81. The molecule has 0 aliphatic heterocycles. The largest absolute Gasteiger partial charge is 0.492 e. The lowest BCUT2D eigenvalue weighted by atomic mass is 9.88. The summed E-state index contributed by atoms with van der Waals surface area (Å²) in [6.07, 6.45) is 1.88. The minimum Gasteiger partial charge on any atom is -0.492 e. The van der Waals surface area contributed by atoms with Gasteiger partial charge in [-0.05, 0) is 59.6 Å². The van der Waals surface area contributed by atoms with Gasteiger partial charge in [0.25, 0.3) is 0 Å². The van der Waals surface area contributed by atoms with Gasteiger partial charge in [0.2, 0.25) is 0 Å². The van der Waals surface area contributed by atoms with E-state index in [2.05, 4.69) is 100 Å². The van der Waals surface area contributed by atoms with Crippen molar-refractivity contribution in [2.45, 2.75) is 6.42 Å². The highest BCUT2D eigenvalue weighted by Gasteiger charge is 2.14. The molecule has 0 aromatic heterocycles. The number of ether oxygens (including phenoxy) is 1. The summed E-state index contributed by atoms with van der Waals surface area (Å²) in [6.45, 7) is 2.66. The third-order valence-corrected chi connectivity index (χ3v) is 5.67. The molecule has 0 spiro atoms. The number of likely N-dealkylation sites (N-methyl/N-ethyl adjacent to an activating group) is 1. The molecule has 0 saturated heterocycles. The second-order valence-electron chi connectivity index (χ2n) is 7.49. The number of hydrogen-bond donors (Lipinski definition) is 0. The predicted molar refractivity (Wildman–Crippen MR) is 138 cm³/mol. The van der Waals surface area contributed by atoms with E-state index in [0.29, 0.717) is 12.5 Å². The van der Waals surface area contributed by atoms with Crippen LogP contribution in [0.5, 0.6) is 5.75 Å². The summed E-state index contributed by atoms with van der Waals surface area (Å²) in [6, 6.07) is 29.5. The van der Waals surface area contributed by atoms with Gasteiger partial charge in [-0.1, -0.05) is 72.8 Å². The topological polar surface area (TPSA) is 12.5 Å². The summed E-state index contributed by atoms with van der Waals surface area (Å²) < 4.78 is 5.97. The Hall–Kier alpha value is -2.12. The van der Waals surface area contributed by atoms with Gasteiger partial charge in [0.1, 0.15) is 12.4 Å². The van der Waals surface area contributed by atoms with Crippen molar-refractivity contribution >= 4 is 32.0 Å². The smallest absolute Gasteiger partial charge is 0.119 e. The first-order chi connectivity index (χ1) is 15.2. The molecular formula is C27H31ClNOP. The van der Waals surface area contributed by atoms with Gasteiger partial charge in [0.15, 0.2) is 0 Å². The van der Waals surface area contributed by atoms with Crippen LogP contribution in [0.15, 0.2) is 84.9 Å². The summed E-state index contributed by atoms with van der Waals surface area (Å²) in [5.41, 5.74) is 6.05. The Kier molecular flexibility index (Phi) is 9.62. The van der Waals surface area contributed by atoms with E-state index in [0.717, 1.165) is 31.4 Å². The number of allylic oxidation sites excluding steroid dienone is 1. The van der Waals surface area contributed by atoms with Gasteiger partial charge in [0, 0.05) is 19.0 Å². The molecule has 3 aromatic carbocycles. The second kappa shape index (κ2) is 12.7.